The molecule has 0 saturated carbocycles. The molecule has 0 bridgehead atoms. The Hall–Kier alpha value is -2.76. The van der Waals surface area contributed by atoms with Crippen LogP contribution in [-0.4, -0.2) is 45.8 Å². The highest BCUT2D eigenvalue weighted by atomic mass is 16.2. The maximum absolute atomic E-state index is 12.3. The van der Waals surface area contributed by atoms with Gasteiger partial charge in [0.2, 0.25) is 5.91 Å². The summed E-state index contributed by atoms with van der Waals surface area (Å²) in [5.41, 5.74) is 1.59. The molecule has 1 aliphatic rings. The van der Waals surface area contributed by atoms with E-state index in [1.807, 2.05) is 25.1 Å². The van der Waals surface area contributed by atoms with Gasteiger partial charge in [-0.3, -0.25) is 14.6 Å². The van der Waals surface area contributed by atoms with Gasteiger partial charge in [-0.25, -0.2) is 4.98 Å². The zero-order chi connectivity index (χ0) is 17.6. The van der Waals surface area contributed by atoms with Crippen molar-refractivity contribution in [2.75, 3.05) is 13.1 Å². The van der Waals surface area contributed by atoms with Crippen molar-refractivity contribution in [3.8, 4) is 0 Å². The summed E-state index contributed by atoms with van der Waals surface area (Å²) < 4.78 is 0. The first-order valence-corrected chi connectivity index (χ1v) is 8.53. The van der Waals surface area contributed by atoms with E-state index in [2.05, 4.69) is 27.4 Å². The van der Waals surface area contributed by atoms with Crippen LogP contribution < -0.4 is 5.32 Å². The Morgan fingerprint density at radius 1 is 1.24 bits per heavy atom. The zero-order valence-electron chi connectivity index (χ0n) is 14.3. The van der Waals surface area contributed by atoms with Gasteiger partial charge in [0.15, 0.2) is 0 Å². The molecule has 1 atom stereocenters. The van der Waals surface area contributed by atoms with E-state index < -0.39 is 0 Å². The fraction of sp³-hybridized carbons (Fsp3) is 0.368. The van der Waals surface area contributed by atoms with Gasteiger partial charge in [0.05, 0.1) is 12.1 Å². The van der Waals surface area contributed by atoms with Crippen LogP contribution in [-0.2, 0) is 11.2 Å². The Morgan fingerprint density at radius 2 is 2.00 bits per heavy atom. The number of amides is 2. The van der Waals surface area contributed by atoms with Gasteiger partial charge in [-0.2, -0.15) is 0 Å². The van der Waals surface area contributed by atoms with Crippen molar-refractivity contribution in [3.63, 3.8) is 0 Å². The second-order valence-electron chi connectivity index (χ2n) is 6.43. The minimum Gasteiger partial charge on any atom is -0.353 e. The molecule has 1 fully saturated rings. The van der Waals surface area contributed by atoms with Crippen molar-refractivity contribution in [2.24, 2.45) is 5.92 Å². The normalized spacial score (nSPS) is 15.3. The smallest absolute Gasteiger partial charge is 0.274 e. The van der Waals surface area contributed by atoms with Crippen molar-refractivity contribution >= 4 is 11.8 Å². The summed E-state index contributed by atoms with van der Waals surface area (Å²) >= 11 is 0. The molecule has 2 heterocycles. The Bertz CT molecular complexity index is 715. The zero-order valence-corrected chi connectivity index (χ0v) is 14.3. The number of nitrogens with zero attached hydrogens (tertiary/aromatic N) is 3. The Labute approximate surface area is 147 Å². The molecule has 0 aliphatic carbocycles. The van der Waals surface area contributed by atoms with Crippen LogP contribution in [0.5, 0.6) is 0 Å². The molecule has 25 heavy (non-hydrogen) atoms. The van der Waals surface area contributed by atoms with Crippen molar-refractivity contribution in [1.29, 1.82) is 0 Å². The van der Waals surface area contributed by atoms with Crippen LogP contribution >= 0.6 is 0 Å². The molecule has 1 aromatic heterocycles. The average molecular weight is 338 g/mol. The van der Waals surface area contributed by atoms with E-state index in [4.69, 9.17) is 0 Å². The molecule has 3 rings (SSSR count). The van der Waals surface area contributed by atoms with Crippen molar-refractivity contribution in [2.45, 2.75) is 25.8 Å². The van der Waals surface area contributed by atoms with Crippen LogP contribution in [0.3, 0.4) is 0 Å². The Kier molecular flexibility index (Phi) is 5.38. The quantitative estimate of drug-likeness (QED) is 0.870. The van der Waals surface area contributed by atoms with Crippen molar-refractivity contribution < 1.29 is 9.59 Å². The molecule has 2 aromatic rings. The molecule has 1 aliphatic heterocycles. The molecule has 1 saturated heterocycles. The number of benzene rings is 1. The second-order valence-corrected chi connectivity index (χ2v) is 6.43. The summed E-state index contributed by atoms with van der Waals surface area (Å²) in [6.45, 7) is 2.89. The molecular formula is C19H22N4O2. The van der Waals surface area contributed by atoms with Crippen LogP contribution in [0.4, 0.5) is 0 Å². The van der Waals surface area contributed by atoms with Crippen molar-refractivity contribution in [3.05, 3.63) is 60.2 Å². The van der Waals surface area contributed by atoms with Gasteiger partial charge in [0.25, 0.3) is 5.91 Å². The van der Waals surface area contributed by atoms with Crippen LogP contribution in [0.2, 0.25) is 0 Å². The highest BCUT2D eigenvalue weighted by Crippen LogP contribution is 2.18. The van der Waals surface area contributed by atoms with Crippen LogP contribution in [0.25, 0.3) is 0 Å². The lowest BCUT2D eigenvalue weighted by Crippen LogP contribution is -2.56. The minimum absolute atomic E-state index is 0.0174. The lowest BCUT2D eigenvalue weighted by molar-refractivity contribution is -0.129. The van der Waals surface area contributed by atoms with Gasteiger partial charge in [0.1, 0.15) is 5.69 Å². The summed E-state index contributed by atoms with van der Waals surface area (Å²) in [7, 11) is 0. The summed E-state index contributed by atoms with van der Waals surface area (Å²) in [5.74, 6) is -0.294. The summed E-state index contributed by atoms with van der Waals surface area (Å²) in [4.78, 5) is 34.0. The van der Waals surface area contributed by atoms with Crippen LogP contribution in [0.1, 0.15) is 29.4 Å². The Balaban J connectivity index is 1.40. The van der Waals surface area contributed by atoms with Crippen LogP contribution in [0, 0.1) is 5.92 Å². The lowest BCUT2D eigenvalue weighted by atomic mass is 9.97. The molecular weight excluding hydrogens is 316 g/mol. The average Bonchev–Trinajstić information content (AvgIpc) is 2.60. The van der Waals surface area contributed by atoms with E-state index in [1.165, 1.54) is 24.2 Å². The lowest BCUT2D eigenvalue weighted by Gasteiger charge is -2.38. The van der Waals surface area contributed by atoms with E-state index in [-0.39, 0.29) is 23.8 Å². The monoisotopic (exact) mass is 338 g/mol. The van der Waals surface area contributed by atoms with E-state index in [0.29, 0.717) is 18.8 Å². The topological polar surface area (TPSA) is 75.2 Å². The summed E-state index contributed by atoms with van der Waals surface area (Å²) in [6.07, 6.45) is 6.29. The molecule has 6 heteroatoms. The van der Waals surface area contributed by atoms with E-state index in [1.54, 1.807) is 4.90 Å². The number of carbonyl (C=O) groups excluding carboxylic acids is 2. The fourth-order valence-corrected chi connectivity index (χ4v) is 2.84. The molecule has 6 nitrogen and oxygen atoms in total. The fourth-order valence-electron chi connectivity index (χ4n) is 2.84. The van der Waals surface area contributed by atoms with Gasteiger partial charge in [-0.15, -0.1) is 0 Å². The third-order valence-electron chi connectivity index (χ3n) is 4.42. The number of rotatable bonds is 6. The molecule has 2 amide bonds. The summed E-state index contributed by atoms with van der Waals surface area (Å²) in [6, 6.07) is 10.3. The van der Waals surface area contributed by atoms with Crippen molar-refractivity contribution in [1.82, 2.24) is 20.2 Å². The number of aromatic nitrogens is 2. The standard InChI is InChI=1S/C19H22N4O2/c1-14(7-8-15-5-3-2-4-6-15)22-18(24)16-12-23(13-16)19(25)17-11-20-9-10-21-17/h2-6,9-11,14,16H,7-8,12-13H2,1H3,(H,22,24)/t14-/m1/s1. The third-order valence-corrected chi connectivity index (χ3v) is 4.42. The maximum Gasteiger partial charge on any atom is 0.274 e. The number of hydrogen-bond donors (Lipinski definition) is 1. The van der Waals surface area contributed by atoms with E-state index >= 15 is 0 Å². The van der Waals surface area contributed by atoms with Gasteiger partial charge >= 0.3 is 0 Å². The second kappa shape index (κ2) is 7.88. The maximum atomic E-state index is 12.3. The van der Waals surface area contributed by atoms with E-state index in [9.17, 15) is 9.59 Å². The van der Waals surface area contributed by atoms with Crippen LogP contribution in [0.15, 0.2) is 48.9 Å². The predicted octanol–water partition coefficient (Wildman–Crippen LogP) is 1.69. The van der Waals surface area contributed by atoms with Gasteiger partial charge in [-0.05, 0) is 25.3 Å². The predicted molar refractivity (Wildman–Crippen MR) is 93.8 cm³/mol. The molecule has 0 spiro atoms. The number of aryl methyl sites for hydroxylation is 1. The number of likely N-dealkylation sites (tertiary alicyclic amines) is 1. The minimum atomic E-state index is -0.172. The molecule has 0 radical (unpaired) electrons. The third kappa shape index (κ3) is 4.41. The summed E-state index contributed by atoms with van der Waals surface area (Å²) in [5, 5.41) is 3.05. The first-order valence-electron chi connectivity index (χ1n) is 8.53. The van der Waals surface area contributed by atoms with Gasteiger partial charge in [-0.1, -0.05) is 30.3 Å². The highest BCUT2D eigenvalue weighted by molar-refractivity contribution is 5.94. The first kappa shape index (κ1) is 17.1. The largest absolute Gasteiger partial charge is 0.353 e. The Morgan fingerprint density at radius 3 is 2.68 bits per heavy atom. The first-order chi connectivity index (χ1) is 12.1. The number of carbonyl (C=O) groups is 2. The van der Waals surface area contributed by atoms with E-state index in [0.717, 1.165) is 12.8 Å². The van der Waals surface area contributed by atoms with Gasteiger partial charge < -0.3 is 10.2 Å². The van der Waals surface area contributed by atoms with Gasteiger partial charge in [0, 0.05) is 31.5 Å². The molecule has 130 valence electrons. The number of hydrogen-bond acceptors (Lipinski definition) is 4. The molecule has 0 unspecified atom stereocenters. The molecule has 1 N–H and O–H groups in total. The highest BCUT2D eigenvalue weighted by Gasteiger charge is 2.36. The SMILES string of the molecule is C[C@H](CCc1ccccc1)NC(=O)C1CN(C(=O)c2cnccn2)C1. The number of nitrogens with one attached hydrogen (secondary N) is 1. The molecule has 1 aromatic carbocycles.